The number of hydrogen-bond donors (Lipinski definition) is 1. The molecule has 0 saturated heterocycles. The second-order valence-corrected chi connectivity index (χ2v) is 10.9. The summed E-state index contributed by atoms with van der Waals surface area (Å²) >= 11 is 0. The average molecular weight is 505 g/mol. The maximum atomic E-state index is 13.3. The van der Waals surface area contributed by atoms with Crippen LogP contribution >= 0.6 is 0 Å². The Bertz CT molecular complexity index is 1160. The van der Waals surface area contributed by atoms with Crippen LogP contribution in [0.2, 0.25) is 0 Å². The fourth-order valence-electron chi connectivity index (χ4n) is 4.05. The largest absolute Gasteiger partial charge is 0.394 e. The number of ether oxygens (including phenoxy) is 1. The van der Waals surface area contributed by atoms with E-state index in [4.69, 9.17) is 4.74 Å². The molecule has 1 aliphatic rings. The zero-order valence-corrected chi connectivity index (χ0v) is 21.1. The Kier molecular flexibility index (Phi) is 8.96. The predicted molar refractivity (Wildman–Crippen MR) is 126 cm³/mol. The van der Waals surface area contributed by atoms with Gasteiger partial charge in [0.25, 0.3) is 0 Å². The lowest BCUT2D eigenvalue weighted by atomic mass is 10.0. The third-order valence-electron chi connectivity index (χ3n) is 6.27. The number of amides is 1. The van der Waals surface area contributed by atoms with E-state index in [1.165, 1.54) is 23.5 Å². The van der Waals surface area contributed by atoms with Gasteiger partial charge in [0.05, 0.1) is 47.7 Å². The van der Waals surface area contributed by atoms with Crippen molar-refractivity contribution < 1.29 is 23.1 Å². The smallest absolute Gasteiger partial charge is 0.244 e. The van der Waals surface area contributed by atoms with E-state index in [0.717, 1.165) is 5.69 Å². The molecule has 1 aromatic carbocycles. The first-order valence-corrected chi connectivity index (χ1v) is 13.0. The van der Waals surface area contributed by atoms with E-state index < -0.39 is 16.1 Å². The van der Waals surface area contributed by atoms with Gasteiger partial charge in [-0.3, -0.25) is 4.79 Å². The number of hydrogen-bond acceptors (Lipinski definition) is 8. The SMILES string of the molecule is C[C@@H]1CN([C@@H](C)CO)C(=O)CCCn2nncc2CO[C@H]1CN(C)S(=O)(=O)c1ccccc1C#N. The predicted octanol–water partition coefficient (Wildman–Crippen LogP) is 0.995. The molecule has 0 saturated carbocycles. The maximum absolute atomic E-state index is 13.3. The van der Waals surface area contributed by atoms with Crippen LogP contribution in [0.3, 0.4) is 0 Å². The van der Waals surface area contributed by atoms with Crippen LogP contribution in [-0.4, -0.2) is 82.5 Å². The summed E-state index contributed by atoms with van der Waals surface area (Å²) in [5, 5.41) is 27.1. The minimum Gasteiger partial charge on any atom is -0.394 e. The Morgan fingerprint density at radius 2 is 2.11 bits per heavy atom. The van der Waals surface area contributed by atoms with Crippen molar-refractivity contribution in [2.45, 2.75) is 56.9 Å². The van der Waals surface area contributed by atoms with Gasteiger partial charge in [-0.1, -0.05) is 24.3 Å². The number of aliphatic hydroxyl groups excluding tert-OH is 1. The van der Waals surface area contributed by atoms with Gasteiger partial charge in [-0.15, -0.1) is 5.10 Å². The van der Waals surface area contributed by atoms with Crippen molar-refractivity contribution >= 4 is 15.9 Å². The normalized spacial score (nSPS) is 21.0. The highest BCUT2D eigenvalue weighted by Crippen LogP contribution is 2.22. The van der Waals surface area contributed by atoms with Crippen molar-refractivity contribution in [3.8, 4) is 6.07 Å². The van der Waals surface area contributed by atoms with Gasteiger partial charge in [-0.25, -0.2) is 13.1 Å². The molecule has 3 atom stereocenters. The number of carbonyl (C=O) groups excluding carboxylic acids is 1. The second-order valence-electron chi connectivity index (χ2n) is 8.85. The van der Waals surface area contributed by atoms with Gasteiger partial charge < -0.3 is 14.7 Å². The number of aryl methyl sites for hydroxylation is 1. The molecular formula is C23H32N6O5S. The van der Waals surface area contributed by atoms with Crippen LogP contribution < -0.4 is 0 Å². The Labute approximate surface area is 205 Å². The lowest BCUT2D eigenvalue weighted by molar-refractivity contribution is -0.136. The Balaban J connectivity index is 1.90. The Morgan fingerprint density at radius 1 is 1.37 bits per heavy atom. The van der Waals surface area contributed by atoms with Crippen LogP contribution in [0.5, 0.6) is 0 Å². The first-order valence-electron chi connectivity index (χ1n) is 11.5. The fourth-order valence-corrected chi connectivity index (χ4v) is 5.37. The molecule has 190 valence electrons. The summed E-state index contributed by atoms with van der Waals surface area (Å²) < 4.78 is 35.6. The molecule has 35 heavy (non-hydrogen) atoms. The lowest BCUT2D eigenvalue weighted by Gasteiger charge is -2.35. The standard InChI is InChI=1S/C23H32N6O5S/c1-17-13-28(18(2)15-30)23(31)9-6-10-29-20(12-25-26-29)16-34-21(17)14-27(3)35(32,33)22-8-5-4-7-19(22)11-24/h4-5,7-8,12,17-18,21,30H,6,9-10,13-16H2,1-3H3/t17-,18+,21+/m1/s1. The molecule has 0 spiro atoms. The molecule has 1 aromatic heterocycles. The molecule has 0 radical (unpaired) electrons. The third kappa shape index (κ3) is 6.24. The summed E-state index contributed by atoms with van der Waals surface area (Å²) in [6.07, 6.45) is 1.87. The molecule has 12 heteroatoms. The van der Waals surface area contributed by atoms with Crippen molar-refractivity contribution in [1.29, 1.82) is 5.26 Å². The van der Waals surface area contributed by atoms with Gasteiger partial charge in [0.15, 0.2) is 0 Å². The molecule has 3 rings (SSSR count). The molecular weight excluding hydrogens is 472 g/mol. The minimum atomic E-state index is -3.97. The monoisotopic (exact) mass is 504 g/mol. The van der Waals surface area contributed by atoms with Crippen LogP contribution in [0, 0.1) is 17.2 Å². The molecule has 11 nitrogen and oxygen atoms in total. The molecule has 0 bridgehead atoms. The van der Waals surface area contributed by atoms with E-state index >= 15 is 0 Å². The summed E-state index contributed by atoms with van der Waals surface area (Å²) in [5.74, 6) is -0.358. The number of benzene rings is 1. The second kappa shape index (κ2) is 11.7. The maximum Gasteiger partial charge on any atom is 0.244 e. The quantitative estimate of drug-likeness (QED) is 0.614. The van der Waals surface area contributed by atoms with Crippen molar-refractivity contribution in [2.75, 3.05) is 26.7 Å². The number of nitriles is 1. The highest BCUT2D eigenvalue weighted by atomic mass is 32.2. The molecule has 2 heterocycles. The Hall–Kier alpha value is -2.85. The summed E-state index contributed by atoms with van der Waals surface area (Å²) in [6, 6.07) is 7.60. The summed E-state index contributed by atoms with van der Waals surface area (Å²) in [6.45, 7) is 4.44. The number of aliphatic hydroxyl groups is 1. The Morgan fingerprint density at radius 3 is 2.83 bits per heavy atom. The molecule has 2 aromatic rings. The van der Waals surface area contributed by atoms with E-state index in [-0.39, 0.29) is 48.1 Å². The molecule has 0 fully saturated rings. The van der Waals surface area contributed by atoms with Crippen molar-refractivity contribution in [3.63, 3.8) is 0 Å². The topological polar surface area (TPSA) is 142 Å². The summed E-state index contributed by atoms with van der Waals surface area (Å²) in [4.78, 5) is 14.5. The zero-order chi connectivity index (χ0) is 25.6. The van der Waals surface area contributed by atoms with Crippen molar-refractivity contribution in [3.05, 3.63) is 41.7 Å². The van der Waals surface area contributed by atoms with Crippen LogP contribution in [0.1, 0.15) is 37.9 Å². The van der Waals surface area contributed by atoms with Gasteiger partial charge >= 0.3 is 0 Å². The molecule has 1 N–H and O–H groups in total. The van der Waals surface area contributed by atoms with Gasteiger partial charge in [-0.2, -0.15) is 9.57 Å². The minimum absolute atomic E-state index is 0.000362. The summed E-state index contributed by atoms with van der Waals surface area (Å²) in [7, 11) is -2.52. The molecule has 0 unspecified atom stereocenters. The number of rotatable bonds is 6. The van der Waals surface area contributed by atoms with Crippen LogP contribution in [0.15, 0.2) is 35.4 Å². The van der Waals surface area contributed by atoms with E-state index in [1.54, 1.807) is 34.8 Å². The molecule has 0 aliphatic carbocycles. The van der Waals surface area contributed by atoms with Gasteiger partial charge in [0.1, 0.15) is 6.07 Å². The van der Waals surface area contributed by atoms with Gasteiger partial charge in [-0.05, 0) is 25.5 Å². The third-order valence-corrected chi connectivity index (χ3v) is 8.15. The van der Waals surface area contributed by atoms with Crippen molar-refractivity contribution in [1.82, 2.24) is 24.2 Å². The highest BCUT2D eigenvalue weighted by Gasteiger charge is 2.32. The molecule has 1 aliphatic heterocycles. The number of likely N-dealkylation sites (N-methyl/N-ethyl adjacent to an activating group) is 1. The number of fused-ring (bicyclic) bond motifs is 1. The highest BCUT2D eigenvalue weighted by molar-refractivity contribution is 7.89. The number of carbonyl (C=O) groups is 1. The number of nitrogens with zero attached hydrogens (tertiary/aromatic N) is 6. The van der Waals surface area contributed by atoms with E-state index in [2.05, 4.69) is 10.3 Å². The fraction of sp³-hybridized carbons (Fsp3) is 0.565. The van der Waals surface area contributed by atoms with E-state index in [0.29, 0.717) is 25.9 Å². The lowest BCUT2D eigenvalue weighted by Crippen LogP contribution is -2.48. The zero-order valence-electron chi connectivity index (χ0n) is 20.2. The number of aromatic nitrogens is 3. The van der Waals surface area contributed by atoms with Gasteiger partial charge in [0.2, 0.25) is 15.9 Å². The molecule has 1 amide bonds. The van der Waals surface area contributed by atoms with Crippen LogP contribution in [0.4, 0.5) is 0 Å². The first-order chi connectivity index (χ1) is 16.7. The van der Waals surface area contributed by atoms with Crippen molar-refractivity contribution in [2.24, 2.45) is 5.92 Å². The first kappa shape index (κ1) is 26.7. The van der Waals surface area contributed by atoms with Crippen LogP contribution in [0.25, 0.3) is 0 Å². The summed E-state index contributed by atoms with van der Waals surface area (Å²) in [5.41, 5.74) is 0.798. The van der Waals surface area contributed by atoms with E-state index in [9.17, 15) is 23.6 Å². The number of sulfonamides is 1. The van der Waals surface area contributed by atoms with E-state index in [1.807, 2.05) is 13.0 Å². The van der Waals surface area contributed by atoms with Gasteiger partial charge in [0, 0.05) is 39.0 Å². The average Bonchev–Trinajstić information content (AvgIpc) is 3.30. The van der Waals surface area contributed by atoms with Crippen LogP contribution in [-0.2, 0) is 32.7 Å².